The standard InChI is InChI=1S/C8H19N.C4H4ClNO2S2/c1-6(2)8(5,9)7(3)4;5-3-1-2-4(9-3)10(6,7)8/h6-7H,9H2,1-5H3;1-2H,(H2,6,7,8). The van der Waals surface area contributed by atoms with Gasteiger partial charge in [-0.1, -0.05) is 39.3 Å². The average molecular weight is 327 g/mol. The van der Waals surface area contributed by atoms with E-state index in [9.17, 15) is 8.42 Å². The molecule has 7 heteroatoms. The number of sulfonamides is 1. The van der Waals surface area contributed by atoms with Crippen LogP contribution in [-0.4, -0.2) is 14.0 Å². The molecule has 0 saturated heterocycles. The number of halogens is 1. The van der Waals surface area contributed by atoms with Crippen molar-refractivity contribution in [3.63, 3.8) is 0 Å². The third-order valence-electron chi connectivity index (χ3n) is 3.32. The van der Waals surface area contributed by atoms with E-state index in [-0.39, 0.29) is 9.75 Å². The Morgan fingerprint density at radius 2 is 1.63 bits per heavy atom. The normalized spacial score (nSPS) is 12.5. The summed E-state index contributed by atoms with van der Waals surface area (Å²) in [5.74, 6) is 1.13. The molecule has 0 fully saturated rings. The average Bonchev–Trinajstić information content (AvgIpc) is 2.64. The highest BCUT2D eigenvalue weighted by molar-refractivity contribution is 7.91. The van der Waals surface area contributed by atoms with Crippen molar-refractivity contribution in [1.82, 2.24) is 0 Å². The van der Waals surface area contributed by atoms with Crippen LogP contribution in [0.1, 0.15) is 34.6 Å². The Labute approximate surface area is 125 Å². The second-order valence-electron chi connectivity index (χ2n) is 5.28. The van der Waals surface area contributed by atoms with Crippen molar-refractivity contribution in [2.45, 2.75) is 44.4 Å². The molecule has 1 aromatic rings. The number of nitrogens with two attached hydrogens (primary N) is 2. The topological polar surface area (TPSA) is 86.2 Å². The first-order valence-corrected chi connectivity index (χ1v) is 8.70. The summed E-state index contributed by atoms with van der Waals surface area (Å²) in [6.07, 6.45) is 0. The van der Waals surface area contributed by atoms with Crippen molar-refractivity contribution in [1.29, 1.82) is 0 Å². The van der Waals surface area contributed by atoms with Crippen LogP contribution in [-0.2, 0) is 10.0 Å². The highest BCUT2D eigenvalue weighted by atomic mass is 35.5. The number of rotatable bonds is 3. The molecule has 0 aliphatic heterocycles. The first-order chi connectivity index (χ1) is 8.39. The molecule has 0 aliphatic rings. The smallest absolute Gasteiger partial charge is 0.247 e. The maximum Gasteiger partial charge on any atom is 0.247 e. The highest BCUT2D eigenvalue weighted by Gasteiger charge is 2.26. The third-order valence-corrected chi connectivity index (χ3v) is 5.99. The zero-order chi connectivity index (χ0) is 15.4. The Kier molecular flexibility index (Phi) is 6.99. The molecule has 0 radical (unpaired) electrons. The van der Waals surface area contributed by atoms with Crippen LogP contribution in [0.5, 0.6) is 0 Å². The first kappa shape index (κ1) is 18.9. The summed E-state index contributed by atoms with van der Waals surface area (Å²) in [4.78, 5) is 0. The van der Waals surface area contributed by atoms with E-state index in [1.54, 1.807) is 0 Å². The van der Waals surface area contributed by atoms with Gasteiger partial charge < -0.3 is 5.73 Å². The maximum absolute atomic E-state index is 10.6. The fraction of sp³-hybridized carbons (Fsp3) is 0.667. The van der Waals surface area contributed by atoms with Gasteiger partial charge in [0.2, 0.25) is 10.0 Å². The summed E-state index contributed by atoms with van der Waals surface area (Å²) < 4.78 is 21.7. The van der Waals surface area contributed by atoms with Gasteiger partial charge in [-0.05, 0) is 30.9 Å². The molecule has 4 N–H and O–H groups in total. The summed E-state index contributed by atoms with van der Waals surface area (Å²) in [6.45, 7) is 10.8. The largest absolute Gasteiger partial charge is 0.325 e. The Bertz CT molecular complexity index is 484. The van der Waals surface area contributed by atoms with E-state index in [0.717, 1.165) is 11.3 Å². The van der Waals surface area contributed by atoms with Crippen LogP contribution in [0.3, 0.4) is 0 Å². The molecule has 0 aromatic carbocycles. The van der Waals surface area contributed by atoms with E-state index in [1.807, 2.05) is 0 Å². The summed E-state index contributed by atoms with van der Waals surface area (Å²) in [5.41, 5.74) is 6.00. The first-order valence-electron chi connectivity index (χ1n) is 5.96. The number of hydrogen-bond acceptors (Lipinski definition) is 4. The molecule has 0 atom stereocenters. The minimum atomic E-state index is -3.55. The number of thiophene rings is 1. The molecule has 0 aliphatic carbocycles. The van der Waals surface area contributed by atoms with Gasteiger partial charge in [-0.25, -0.2) is 13.6 Å². The van der Waals surface area contributed by atoms with E-state index < -0.39 is 10.0 Å². The second-order valence-corrected chi connectivity index (χ2v) is 8.78. The molecule has 0 amide bonds. The zero-order valence-corrected chi connectivity index (χ0v) is 14.4. The van der Waals surface area contributed by atoms with Gasteiger partial charge in [0, 0.05) is 5.54 Å². The third kappa shape index (κ3) is 6.23. The molecule has 4 nitrogen and oxygen atoms in total. The molecule has 1 rings (SSSR count). The van der Waals surface area contributed by atoms with Crippen LogP contribution in [0.15, 0.2) is 16.3 Å². The van der Waals surface area contributed by atoms with Gasteiger partial charge in [0.25, 0.3) is 0 Å². The monoisotopic (exact) mass is 326 g/mol. The lowest BCUT2D eigenvalue weighted by atomic mass is 9.80. The van der Waals surface area contributed by atoms with Crippen molar-refractivity contribution in [2.75, 3.05) is 0 Å². The highest BCUT2D eigenvalue weighted by Crippen LogP contribution is 2.24. The fourth-order valence-electron chi connectivity index (χ4n) is 1.12. The Balaban J connectivity index is 0.000000344. The Hall–Kier alpha value is -0.140. The molecule has 0 spiro atoms. The van der Waals surface area contributed by atoms with Crippen molar-refractivity contribution in [3.05, 3.63) is 16.5 Å². The van der Waals surface area contributed by atoms with Gasteiger partial charge in [0.15, 0.2) is 0 Å². The minimum Gasteiger partial charge on any atom is -0.325 e. The molecule has 0 unspecified atom stereocenters. The molecule has 19 heavy (non-hydrogen) atoms. The molecular formula is C12H23ClN2O2S2. The fourth-order valence-corrected chi connectivity index (χ4v) is 3.02. The zero-order valence-electron chi connectivity index (χ0n) is 12.0. The van der Waals surface area contributed by atoms with Crippen LogP contribution >= 0.6 is 22.9 Å². The SMILES string of the molecule is CC(C)C(C)(N)C(C)C.NS(=O)(=O)c1ccc(Cl)s1. The van der Waals surface area contributed by atoms with Gasteiger partial charge in [0.05, 0.1) is 4.34 Å². The van der Waals surface area contributed by atoms with Crippen LogP contribution in [0.2, 0.25) is 4.34 Å². The molecule has 1 heterocycles. The number of primary sulfonamides is 1. The summed E-state index contributed by atoms with van der Waals surface area (Å²) in [7, 11) is -3.55. The van der Waals surface area contributed by atoms with E-state index in [4.69, 9.17) is 22.5 Å². The lowest BCUT2D eigenvalue weighted by molar-refractivity contribution is 0.250. The summed E-state index contributed by atoms with van der Waals surface area (Å²) >= 11 is 6.41. The van der Waals surface area contributed by atoms with E-state index in [1.165, 1.54) is 12.1 Å². The van der Waals surface area contributed by atoms with Gasteiger partial charge in [0.1, 0.15) is 4.21 Å². The number of hydrogen-bond donors (Lipinski definition) is 2. The molecule has 0 saturated carbocycles. The molecular weight excluding hydrogens is 304 g/mol. The lowest BCUT2D eigenvalue weighted by Crippen LogP contribution is -2.46. The molecule has 1 aromatic heterocycles. The molecule has 0 bridgehead atoms. The maximum atomic E-state index is 10.6. The van der Waals surface area contributed by atoms with Crippen LogP contribution in [0.25, 0.3) is 0 Å². The minimum absolute atomic E-state index is 0.000000000000000222. The van der Waals surface area contributed by atoms with Crippen LogP contribution in [0, 0.1) is 11.8 Å². The van der Waals surface area contributed by atoms with Gasteiger partial charge >= 0.3 is 0 Å². The van der Waals surface area contributed by atoms with E-state index >= 15 is 0 Å². The van der Waals surface area contributed by atoms with Crippen LogP contribution in [0.4, 0.5) is 0 Å². The van der Waals surface area contributed by atoms with Gasteiger partial charge in [-0.15, -0.1) is 11.3 Å². The van der Waals surface area contributed by atoms with Crippen molar-refractivity contribution in [3.8, 4) is 0 Å². The Morgan fingerprint density at radius 3 is 1.74 bits per heavy atom. The second kappa shape index (κ2) is 7.04. The predicted octanol–water partition coefficient (Wildman–Crippen LogP) is 3.06. The van der Waals surface area contributed by atoms with E-state index in [2.05, 4.69) is 34.6 Å². The molecule has 112 valence electrons. The quantitative estimate of drug-likeness (QED) is 0.895. The van der Waals surface area contributed by atoms with E-state index in [0.29, 0.717) is 16.2 Å². The predicted molar refractivity (Wildman–Crippen MR) is 83.0 cm³/mol. The Morgan fingerprint density at radius 1 is 1.21 bits per heavy atom. The van der Waals surface area contributed by atoms with Gasteiger partial charge in [-0.2, -0.15) is 0 Å². The van der Waals surface area contributed by atoms with Crippen molar-refractivity contribution >= 4 is 33.0 Å². The summed E-state index contributed by atoms with van der Waals surface area (Å²) in [6, 6.07) is 2.87. The van der Waals surface area contributed by atoms with Crippen molar-refractivity contribution < 1.29 is 8.42 Å². The summed E-state index contributed by atoms with van der Waals surface area (Å²) in [5, 5.41) is 4.79. The van der Waals surface area contributed by atoms with Crippen molar-refractivity contribution in [2.24, 2.45) is 22.7 Å². The van der Waals surface area contributed by atoms with Crippen LogP contribution < -0.4 is 10.9 Å². The van der Waals surface area contributed by atoms with Gasteiger partial charge in [-0.3, -0.25) is 0 Å². The lowest BCUT2D eigenvalue weighted by Gasteiger charge is -2.33.